The van der Waals surface area contributed by atoms with Crippen LogP contribution in [0.1, 0.15) is 6.42 Å². The van der Waals surface area contributed by atoms with Gasteiger partial charge >= 0.3 is 5.97 Å². The monoisotopic (exact) mass is 233 g/mol. The molecule has 2 atom stereocenters. The topological polar surface area (TPSA) is 145 Å². The van der Waals surface area contributed by atoms with Gasteiger partial charge in [0.25, 0.3) is 5.91 Å². The summed E-state index contributed by atoms with van der Waals surface area (Å²) in [4.78, 5) is 32.6. The highest BCUT2D eigenvalue weighted by molar-refractivity contribution is 5.89. The van der Waals surface area contributed by atoms with Crippen molar-refractivity contribution >= 4 is 17.8 Å². The lowest BCUT2D eigenvalue weighted by Gasteiger charge is -2.17. The quantitative estimate of drug-likeness (QED) is 0.379. The Morgan fingerprint density at radius 1 is 1.44 bits per heavy atom. The first-order chi connectivity index (χ1) is 7.42. The van der Waals surface area contributed by atoms with E-state index in [1.54, 1.807) is 0 Å². The van der Waals surface area contributed by atoms with E-state index in [4.69, 9.17) is 21.3 Å². The second kappa shape index (κ2) is 6.75. The van der Waals surface area contributed by atoms with Crippen LogP contribution in [0.3, 0.4) is 0 Å². The van der Waals surface area contributed by atoms with Crippen molar-refractivity contribution in [3.63, 3.8) is 0 Å². The van der Waals surface area contributed by atoms with Crippen LogP contribution in [-0.2, 0) is 19.1 Å². The number of nitrogens with one attached hydrogen (secondary N) is 1. The van der Waals surface area contributed by atoms with Crippen molar-refractivity contribution in [2.75, 3.05) is 13.7 Å². The number of carboxylic acid groups (broad SMARTS) is 1. The summed E-state index contributed by atoms with van der Waals surface area (Å²) in [5.74, 6) is -2.87. The van der Waals surface area contributed by atoms with Crippen molar-refractivity contribution in [3.8, 4) is 0 Å². The lowest BCUT2D eigenvalue weighted by Crippen LogP contribution is -2.49. The Kier molecular flexibility index (Phi) is 6.04. The van der Waals surface area contributed by atoms with Gasteiger partial charge in [-0.1, -0.05) is 0 Å². The van der Waals surface area contributed by atoms with E-state index >= 15 is 0 Å². The Morgan fingerprint density at radius 3 is 2.31 bits per heavy atom. The molecule has 2 unspecified atom stereocenters. The summed E-state index contributed by atoms with van der Waals surface area (Å²) in [6.45, 7) is -0.0920. The van der Waals surface area contributed by atoms with Gasteiger partial charge in [-0.25, -0.2) is 4.79 Å². The van der Waals surface area contributed by atoms with Gasteiger partial charge in [-0.3, -0.25) is 9.59 Å². The second-order valence-corrected chi connectivity index (χ2v) is 3.03. The number of carboxylic acids is 1. The fourth-order valence-electron chi connectivity index (χ4n) is 0.976. The minimum atomic E-state index is -1.37. The molecular formula is C8H15N3O5. The van der Waals surface area contributed by atoms with E-state index < -0.39 is 36.4 Å². The summed E-state index contributed by atoms with van der Waals surface area (Å²) in [7, 11) is 1.26. The molecule has 0 aliphatic carbocycles. The molecule has 0 bridgehead atoms. The van der Waals surface area contributed by atoms with Crippen LogP contribution in [-0.4, -0.2) is 48.7 Å². The van der Waals surface area contributed by atoms with Crippen molar-refractivity contribution in [2.24, 2.45) is 11.5 Å². The van der Waals surface area contributed by atoms with Gasteiger partial charge in [-0.2, -0.15) is 0 Å². The summed E-state index contributed by atoms with van der Waals surface area (Å²) in [6.07, 6.45) is -1.43. The molecule has 0 saturated carbocycles. The summed E-state index contributed by atoms with van der Waals surface area (Å²) < 4.78 is 4.70. The number of primary amides is 1. The molecule has 0 aliphatic heterocycles. The Bertz CT molecular complexity index is 277. The van der Waals surface area contributed by atoms with E-state index in [1.807, 2.05) is 0 Å². The zero-order chi connectivity index (χ0) is 12.7. The van der Waals surface area contributed by atoms with Gasteiger partial charge in [-0.15, -0.1) is 0 Å². The summed E-state index contributed by atoms with van der Waals surface area (Å²) >= 11 is 0. The molecule has 0 heterocycles. The molecule has 0 aromatic heterocycles. The summed E-state index contributed by atoms with van der Waals surface area (Å²) in [5.41, 5.74) is 10.1. The molecule has 92 valence electrons. The normalized spacial score (nSPS) is 13.9. The first kappa shape index (κ1) is 14.3. The molecule has 0 rings (SSSR count). The van der Waals surface area contributed by atoms with E-state index in [0.29, 0.717) is 0 Å². The maximum absolute atomic E-state index is 11.4. The number of amides is 2. The fraction of sp³-hybridized carbons (Fsp3) is 0.625. The van der Waals surface area contributed by atoms with Gasteiger partial charge in [0.05, 0.1) is 6.42 Å². The van der Waals surface area contributed by atoms with Crippen LogP contribution in [0.4, 0.5) is 0 Å². The molecule has 6 N–H and O–H groups in total. The first-order valence-corrected chi connectivity index (χ1v) is 4.46. The molecule has 16 heavy (non-hydrogen) atoms. The van der Waals surface area contributed by atoms with E-state index in [2.05, 4.69) is 5.32 Å². The predicted molar refractivity (Wildman–Crippen MR) is 53.2 cm³/mol. The van der Waals surface area contributed by atoms with Gasteiger partial charge in [-0.05, 0) is 0 Å². The Hall–Kier alpha value is -1.67. The average molecular weight is 233 g/mol. The van der Waals surface area contributed by atoms with E-state index in [-0.39, 0.29) is 6.54 Å². The number of hydrogen-bond acceptors (Lipinski definition) is 5. The van der Waals surface area contributed by atoms with Crippen molar-refractivity contribution < 1.29 is 24.2 Å². The largest absolute Gasteiger partial charge is 0.480 e. The van der Waals surface area contributed by atoms with Crippen LogP contribution in [0.25, 0.3) is 0 Å². The van der Waals surface area contributed by atoms with Gasteiger partial charge < -0.3 is 26.6 Å². The Labute approximate surface area is 91.9 Å². The molecule has 0 aliphatic rings. The zero-order valence-corrected chi connectivity index (χ0v) is 8.80. The van der Waals surface area contributed by atoms with Crippen molar-refractivity contribution in [1.82, 2.24) is 5.32 Å². The number of ether oxygens (including phenoxy) is 1. The maximum atomic E-state index is 11.4. The third-order valence-corrected chi connectivity index (χ3v) is 1.81. The minimum absolute atomic E-state index is 0.0920. The van der Waals surface area contributed by atoms with Crippen molar-refractivity contribution in [2.45, 2.75) is 18.6 Å². The molecule has 8 nitrogen and oxygen atoms in total. The van der Waals surface area contributed by atoms with Crippen LogP contribution in [0.5, 0.6) is 0 Å². The number of rotatable bonds is 7. The SMILES string of the molecule is COC(CN)C(=O)NC(CC(N)=O)C(=O)O. The van der Waals surface area contributed by atoms with Crippen LogP contribution in [0.15, 0.2) is 0 Å². The Morgan fingerprint density at radius 2 is 2.00 bits per heavy atom. The highest BCUT2D eigenvalue weighted by atomic mass is 16.5. The predicted octanol–water partition coefficient (Wildman–Crippen LogP) is -2.60. The summed E-state index contributed by atoms with van der Waals surface area (Å²) in [5, 5.41) is 10.8. The molecule has 8 heteroatoms. The van der Waals surface area contributed by atoms with Gasteiger partial charge in [0.1, 0.15) is 12.1 Å². The molecule has 0 aromatic rings. The molecule has 0 aromatic carbocycles. The standard InChI is InChI=1S/C8H15N3O5/c1-16-5(3-9)7(13)11-4(8(14)15)2-6(10)12/h4-5H,2-3,9H2,1H3,(H2,10,12)(H,11,13)(H,14,15). The van der Waals surface area contributed by atoms with E-state index in [9.17, 15) is 14.4 Å². The molecule has 0 radical (unpaired) electrons. The number of hydrogen-bond donors (Lipinski definition) is 4. The maximum Gasteiger partial charge on any atom is 0.326 e. The van der Waals surface area contributed by atoms with Crippen LogP contribution >= 0.6 is 0 Å². The van der Waals surface area contributed by atoms with Crippen molar-refractivity contribution in [3.05, 3.63) is 0 Å². The summed E-state index contributed by atoms with van der Waals surface area (Å²) in [6, 6.07) is -1.37. The molecule has 0 spiro atoms. The lowest BCUT2D eigenvalue weighted by molar-refractivity contribution is -0.145. The highest BCUT2D eigenvalue weighted by Gasteiger charge is 2.25. The number of aliphatic carboxylic acids is 1. The third-order valence-electron chi connectivity index (χ3n) is 1.81. The third kappa shape index (κ3) is 4.71. The number of nitrogens with two attached hydrogens (primary N) is 2. The molecule has 0 saturated heterocycles. The fourth-order valence-corrected chi connectivity index (χ4v) is 0.976. The molecule has 0 fully saturated rings. The average Bonchev–Trinajstić information content (AvgIpc) is 2.17. The number of carbonyl (C=O) groups is 3. The van der Waals surface area contributed by atoms with E-state index in [1.165, 1.54) is 7.11 Å². The lowest BCUT2D eigenvalue weighted by atomic mass is 10.2. The molecular weight excluding hydrogens is 218 g/mol. The smallest absolute Gasteiger partial charge is 0.326 e. The van der Waals surface area contributed by atoms with Crippen LogP contribution in [0.2, 0.25) is 0 Å². The van der Waals surface area contributed by atoms with Gasteiger partial charge in [0.15, 0.2) is 0 Å². The number of carbonyl (C=O) groups excluding carboxylic acids is 2. The van der Waals surface area contributed by atoms with Crippen molar-refractivity contribution in [1.29, 1.82) is 0 Å². The zero-order valence-electron chi connectivity index (χ0n) is 8.80. The van der Waals surface area contributed by atoms with Crippen LogP contribution < -0.4 is 16.8 Å². The minimum Gasteiger partial charge on any atom is -0.480 e. The molecule has 2 amide bonds. The first-order valence-electron chi connectivity index (χ1n) is 4.46. The van der Waals surface area contributed by atoms with Crippen LogP contribution in [0, 0.1) is 0 Å². The van der Waals surface area contributed by atoms with Gasteiger partial charge in [0.2, 0.25) is 5.91 Å². The van der Waals surface area contributed by atoms with E-state index in [0.717, 1.165) is 0 Å². The highest BCUT2D eigenvalue weighted by Crippen LogP contribution is 1.95. The van der Waals surface area contributed by atoms with Gasteiger partial charge in [0, 0.05) is 13.7 Å². The second-order valence-electron chi connectivity index (χ2n) is 3.03. The Balaban J connectivity index is 4.44. The number of methoxy groups -OCH3 is 1.